The first kappa shape index (κ1) is 16.2. The van der Waals surface area contributed by atoms with Crippen LogP contribution >= 0.6 is 11.3 Å². The van der Waals surface area contributed by atoms with Crippen LogP contribution in [-0.4, -0.2) is 39.8 Å². The van der Waals surface area contributed by atoms with Gasteiger partial charge < -0.3 is 10.6 Å². The molecule has 0 saturated carbocycles. The van der Waals surface area contributed by atoms with Crippen LogP contribution in [0.25, 0.3) is 21.6 Å². The van der Waals surface area contributed by atoms with E-state index >= 15 is 0 Å². The Hall–Kier alpha value is -2.25. The van der Waals surface area contributed by atoms with Gasteiger partial charge in [-0.05, 0) is 50.4 Å². The number of nitrogens with zero attached hydrogens (tertiary/aromatic N) is 3. The molecule has 2 N–H and O–H groups in total. The SMILES string of the molecule is Cc1nn(C)c2nc(-c3cccs3)cc(C(=O)NC3CCNCC3)c12. The third-order valence-corrected chi connectivity index (χ3v) is 5.55. The number of aryl methyl sites for hydroxylation is 2. The molecule has 4 rings (SSSR count). The van der Waals surface area contributed by atoms with Gasteiger partial charge in [0.1, 0.15) is 0 Å². The summed E-state index contributed by atoms with van der Waals surface area (Å²) in [5, 5.41) is 13.9. The molecule has 0 aliphatic carbocycles. The molecule has 1 aliphatic rings. The summed E-state index contributed by atoms with van der Waals surface area (Å²) in [7, 11) is 1.87. The summed E-state index contributed by atoms with van der Waals surface area (Å²) in [6, 6.07) is 6.14. The van der Waals surface area contributed by atoms with Gasteiger partial charge in [-0.2, -0.15) is 5.10 Å². The summed E-state index contributed by atoms with van der Waals surface area (Å²) in [5.74, 6) is -0.0341. The Kier molecular flexibility index (Phi) is 4.27. The molecule has 1 saturated heterocycles. The van der Waals surface area contributed by atoms with Crippen LogP contribution in [0.2, 0.25) is 0 Å². The molecule has 25 heavy (non-hydrogen) atoms. The van der Waals surface area contributed by atoms with Crippen molar-refractivity contribution < 1.29 is 4.79 Å². The highest BCUT2D eigenvalue weighted by Gasteiger charge is 2.22. The molecular formula is C18H21N5OS. The smallest absolute Gasteiger partial charge is 0.252 e. The summed E-state index contributed by atoms with van der Waals surface area (Å²) in [4.78, 5) is 18.8. The molecule has 1 fully saturated rings. The molecule has 130 valence electrons. The lowest BCUT2D eigenvalue weighted by atomic mass is 10.0. The van der Waals surface area contributed by atoms with Gasteiger partial charge in [-0.1, -0.05) is 6.07 Å². The van der Waals surface area contributed by atoms with Gasteiger partial charge >= 0.3 is 0 Å². The van der Waals surface area contributed by atoms with Gasteiger partial charge in [0.15, 0.2) is 5.65 Å². The predicted molar refractivity (Wildman–Crippen MR) is 99.9 cm³/mol. The number of fused-ring (bicyclic) bond motifs is 1. The lowest BCUT2D eigenvalue weighted by molar-refractivity contribution is 0.0931. The van der Waals surface area contributed by atoms with Gasteiger partial charge in [0.05, 0.1) is 27.2 Å². The van der Waals surface area contributed by atoms with E-state index < -0.39 is 0 Å². The number of nitrogens with one attached hydrogen (secondary N) is 2. The van der Waals surface area contributed by atoms with Crippen molar-refractivity contribution in [2.24, 2.45) is 7.05 Å². The Balaban J connectivity index is 1.79. The second kappa shape index (κ2) is 6.57. The van der Waals surface area contributed by atoms with Gasteiger partial charge in [0, 0.05) is 13.1 Å². The summed E-state index contributed by atoms with van der Waals surface area (Å²) >= 11 is 1.62. The maximum atomic E-state index is 13.0. The summed E-state index contributed by atoms with van der Waals surface area (Å²) in [6.45, 7) is 3.82. The lowest BCUT2D eigenvalue weighted by Crippen LogP contribution is -2.42. The van der Waals surface area contributed by atoms with Crippen LogP contribution in [0.1, 0.15) is 28.9 Å². The molecule has 1 aliphatic heterocycles. The van der Waals surface area contributed by atoms with Crippen molar-refractivity contribution >= 4 is 28.3 Å². The Morgan fingerprint density at radius 1 is 1.40 bits per heavy atom. The first-order valence-electron chi connectivity index (χ1n) is 8.53. The largest absolute Gasteiger partial charge is 0.349 e. The first-order valence-corrected chi connectivity index (χ1v) is 9.41. The van der Waals surface area contributed by atoms with E-state index in [0.717, 1.165) is 53.2 Å². The molecule has 0 radical (unpaired) electrons. The number of amides is 1. The molecule has 7 heteroatoms. The van der Waals surface area contributed by atoms with Crippen LogP contribution in [0.4, 0.5) is 0 Å². The third-order valence-electron chi connectivity index (χ3n) is 4.66. The standard InChI is InChI=1S/C18H21N5OS/c1-11-16-13(18(24)20-12-5-7-19-8-6-12)10-14(15-4-3-9-25-15)21-17(16)23(2)22-11/h3-4,9-10,12,19H,5-8H2,1-2H3,(H,20,24). The molecule has 0 unspecified atom stereocenters. The number of hydrogen-bond acceptors (Lipinski definition) is 5. The Morgan fingerprint density at radius 2 is 2.20 bits per heavy atom. The number of aromatic nitrogens is 3. The van der Waals surface area contributed by atoms with Crippen LogP contribution in [-0.2, 0) is 7.05 Å². The number of thiophene rings is 1. The molecule has 6 nitrogen and oxygen atoms in total. The van der Waals surface area contributed by atoms with E-state index in [-0.39, 0.29) is 11.9 Å². The Labute approximate surface area is 150 Å². The second-order valence-electron chi connectivity index (χ2n) is 6.44. The zero-order valence-corrected chi connectivity index (χ0v) is 15.2. The van der Waals surface area contributed by atoms with Crippen molar-refractivity contribution in [1.29, 1.82) is 0 Å². The molecule has 4 heterocycles. The van der Waals surface area contributed by atoms with Gasteiger partial charge in [0.2, 0.25) is 0 Å². The van der Waals surface area contributed by atoms with Crippen LogP contribution in [0, 0.1) is 6.92 Å². The fraction of sp³-hybridized carbons (Fsp3) is 0.389. The van der Waals surface area contributed by atoms with E-state index in [0.29, 0.717) is 5.56 Å². The Bertz CT molecular complexity index is 909. The number of pyridine rings is 1. The van der Waals surface area contributed by atoms with Crippen LogP contribution in [0.3, 0.4) is 0 Å². The monoisotopic (exact) mass is 355 g/mol. The maximum Gasteiger partial charge on any atom is 0.252 e. The number of hydrogen-bond donors (Lipinski definition) is 2. The Morgan fingerprint density at radius 3 is 2.92 bits per heavy atom. The van der Waals surface area contributed by atoms with E-state index in [1.807, 2.05) is 37.6 Å². The zero-order chi connectivity index (χ0) is 17.4. The molecule has 3 aromatic heterocycles. The lowest BCUT2D eigenvalue weighted by Gasteiger charge is -2.23. The number of carbonyl (C=O) groups is 1. The highest BCUT2D eigenvalue weighted by atomic mass is 32.1. The van der Waals surface area contributed by atoms with Crippen LogP contribution in [0.15, 0.2) is 23.6 Å². The van der Waals surface area contributed by atoms with E-state index in [9.17, 15) is 4.79 Å². The van der Waals surface area contributed by atoms with Gasteiger partial charge in [0.25, 0.3) is 5.91 Å². The van der Waals surface area contributed by atoms with E-state index in [2.05, 4.69) is 15.7 Å². The van der Waals surface area contributed by atoms with Gasteiger partial charge in [-0.25, -0.2) is 4.98 Å². The fourth-order valence-electron chi connectivity index (χ4n) is 3.40. The van der Waals surface area contributed by atoms with Crippen molar-refractivity contribution in [1.82, 2.24) is 25.4 Å². The molecule has 0 spiro atoms. The minimum absolute atomic E-state index is 0.0341. The normalized spacial score (nSPS) is 15.6. The molecule has 0 bridgehead atoms. The summed E-state index contributed by atoms with van der Waals surface area (Å²) < 4.78 is 1.75. The first-order chi connectivity index (χ1) is 12.1. The van der Waals surface area contributed by atoms with Gasteiger partial charge in [-0.15, -0.1) is 11.3 Å². The second-order valence-corrected chi connectivity index (χ2v) is 7.39. The number of rotatable bonds is 3. The highest BCUT2D eigenvalue weighted by molar-refractivity contribution is 7.13. The van der Waals surface area contributed by atoms with Crippen molar-refractivity contribution in [3.63, 3.8) is 0 Å². The molecule has 3 aromatic rings. The quantitative estimate of drug-likeness (QED) is 0.757. The van der Waals surface area contributed by atoms with Crippen molar-refractivity contribution in [3.05, 3.63) is 34.8 Å². The fourth-order valence-corrected chi connectivity index (χ4v) is 4.09. The highest BCUT2D eigenvalue weighted by Crippen LogP contribution is 2.29. The third kappa shape index (κ3) is 3.05. The molecular weight excluding hydrogens is 334 g/mol. The molecule has 0 aromatic carbocycles. The van der Waals surface area contributed by atoms with E-state index in [4.69, 9.17) is 4.98 Å². The van der Waals surface area contributed by atoms with Crippen molar-refractivity contribution in [3.8, 4) is 10.6 Å². The topological polar surface area (TPSA) is 71.8 Å². The summed E-state index contributed by atoms with van der Waals surface area (Å²) in [6.07, 6.45) is 1.92. The van der Waals surface area contributed by atoms with E-state index in [1.54, 1.807) is 16.0 Å². The number of carbonyl (C=O) groups excluding carboxylic acids is 1. The minimum atomic E-state index is -0.0341. The van der Waals surface area contributed by atoms with Crippen molar-refractivity contribution in [2.75, 3.05) is 13.1 Å². The summed E-state index contributed by atoms with van der Waals surface area (Å²) in [5.41, 5.74) is 3.07. The predicted octanol–water partition coefficient (Wildman–Crippen LogP) is 2.49. The maximum absolute atomic E-state index is 13.0. The van der Waals surface area contributed by atoms with Crippen molar-refractivity contribution in [2.45, 2.75) is 25.8 Å². The van der Waals surface area contributed by atoms with Crippen LogP contribution in [0.5, 0.6) is 0 Å². The average molecular weight is 355 g/mol. The number of piperidine rings is 1. The molecule has 1 amide bonds. The van der Waals surface area contributed by atoms with Crippen LogP contribution < -0.4 is 10.6 Å². The average Bonchev–Trinajstić information content (AvgIpc) is 3.24. The zero-order valence-electron chi connectivity index (χ0n) is 14.4. The minimum Gasteiger partial charge on any atom is -0.349 e. The van der Waals surface area contributed by atoms with Gasteiger partial charge in [-0.3, -0.25) is 9.48 Å². The van der Waals surface area contributed by atoms with E-state index in [1.165, 1.54) is 0 Å². The molecule has 0 atom stereocenters.